The number of nitrogens with two attached hydrogens (primary N) is 1. The van der Waals surface area contributed by atoms with Crippen molar-refractivity contribution in [2.45, 2.75) is 12.6 Å². The van der Waals surface area contributed by atoms with E-state index in [1.807, 2.05) is 35.2 Å². The van der Waals surface area contributed by atoms with Gasteiger partial charge in [0.1, 0.15) is 5.82 Å². The lowest BCUT2D eigenvalue weighted by atomic mass is 9.96. The maximum atomic E-state index is 12.5. The van der Waals surface area contributed by atoms with Gasteiger partial charge >= 0.3 is 6.18 Å². The van der Waals surface area contributed by atoms with Crippen LogP contribution < -0.4 is 16.0 Å². The Kier molecular flexibility index (Phi) is 5.71. The van der Waals surface area contributed by atoms with Gasteiger partial charge in [0.15, 0.2) is 5.82 Å². The summed E-state index contributed by atoms with van der Waals surface area (Å²) in [5.74, 6) is 1.51. The fourth-order valence-corrected chi connectivity index (χ4v) is 3.92. The molecule has 35 heavy (non-hydrogen) atoms. The monoisotopic (exact) mass is 481 g/mol. The van der Waals surface area contributed by atoms with E-state index >= 15 is 0 Å². The largest absolute Gasteiger partial charge is 0.389 e. The van der Waals surface area contributed by atoms with Gasteiger partial charge in [-0.15, -0.1) is 5.10 Å². The molecule has 0 unspecified atom stereocenters. The minimum absolute atomic E-state index is 0.217. The van der Waals surface area contributed by atoms with Crippen molar-refractivity contribution in [3.63, 3.8) is 0 Å². The molecule has 3 N–H and O–H groups in total. The van der Waals surface area contributed by atoms with Crippen molar-refractivity contribution in [1.82, 2.24) is 29.7 Å². The highest BCUT2D eigenvalue weighted by Gasteiger charge is 2.38. The number of benzene rings is 1. The number of hydrogen-bond donors (Lipinski definition) is 2. The van der Waals surface area contributed by atoms with Crippen molar-refractivity contribution < 1.29 is 13.2 Å². The van der Waals surface area contributed by atoms with Crippen LogP contribution in [0, 0.1) is 5.92 Å². The molecule has 5 rings (SSSR count). The zero-order valence-electron chi connectivity index (χ0n) is 18.7. The lowest BCUT2D eigenvalue weighted by Crippen LogP contribution is -2.48. The van der Waals surface area contributed by atoms with Crippen LogP contribution in [0.5, 0.6) is 0 Å². The molecule has 1 fully saturated rings. The van der Waals surface area contributed by atoms with E-state index in [-0.39, 0.29) is 11.9 Å². The van der Waals surface area contributed by atoms with Crippen molar-refractivity contribution >= 4 is 23.4 Å². The van der Waals surface area contributed by atoms with E-state index < -0.39 is 12.6 Å². The highest BCUT2D eigenvalue weighted by Crippen LogP contribution is 2.33. The molecule has 0 bridgehead atoms. The molecule has 1 aliphatic heterocycles. The summed E-state index contributed by atoms with van der Waals surface area (Å²) in [6.07, 6.45) is -1.64. The van der Waals surface area contributed by atoms with Gasteiger partial charge in [0.25, 0.3) is 0 Å². The zero-order valence-corrected chi connectivity index (χ0v) is 18.7. The summed E-state index contributed by atoms with van der Waals surface area (Å²) in [6, 6.07) is 13.0. The van der Waals surface area contributed by atoms with Crippen molar-refractivity contribution in [2.75, 3.05) is 29.0 Å². The Morgan fingerprint density at radius 1 is 1.00 bits per heavy atom. The van der Waals surface area contributed by atoms with Crippen molar-refractivity contribution in [2.24, 2.45) is 13.0 Å². The number of nitrogens with zero attached hydrogens (tertiary/aromatic N) is 7. The number of rotatable bonds is 6. The lowest BCUT2D eigenvalue weighted by Gasteiger charge is -2.40. The Balaban J connectivity index is 1.23. The summed E-state index contributed by atoms with van der Waals surface area (Å²) in [4.78, 5) is 18.9. The molecule has 0 atom stereocenters. The Hall–Kier alpha value is -4.22. The standard InChI is InChI=1S/C23H22F3N9/c1-34-22(30-17-5-2-15(3-6-17)18-8-9-28-21(27)31-18)32-20(33-34)16-4-7-19(29-11-16)35-12-14(13-35)10-23(24,25)26/h2-9,11,14H,10,12-13H2,1H3,(H2,27,28,31)(H,30,32,33). The minimum atomic E-state index is -4.13. The van der Waals surface area contributed by atoms with Gasteiger partial charge < -0.3 is 16.0 Å². The third-order valence-electron chi connectivity index (χ3n) is 5.68. The van der Waals surface area contributed by atoms with Crippen LogP contribution in [-0.2, 0) is 7.05 Å². The molecular formula is C23H22F3N9. The fourth-order valence-electron chi connectivity index (χ4n) is 3.92. The van der Waals surface area contributed by atoms with E-state index in [9.17, 15) is 13.2 Å². The number of halogens is 3. The van der Waals surface area contributed by atoms with E-state index in [1.165, 1.54) is 0 Å². The molecule has 4 aromatic rings. The lowest BCUT2D eigenvalue weighted by molar-refractivity contribution is -0.146. The molecule has 1 aliphatic rings. The molecule has 9 nitrogen and oxygen atoms in total. The number of hydrogen-bond acceptors (Lipinski definition) is 8. The highest BCUT2D eigenvalue weighted by atomic mass is 19.4. The Labute approximate surface area is 198 Å². The summed E-state index contributed by atoms with van der Waals surface area (Å²) in [7, 11) is 1.78. The predicted molar refractivity (Wildman–Crippen MR) is 126 cm³/mol. The number of alkyl halides is 3. The third kappa shape index (κ3) is 5.15. The molecular weight excluding hydrogens is 459 g/mol. The molecule has 0 saturated carbocycles. The maximum absolute atomic E-state index is 12.5. The van der Waals surface area contributed by atoms with Crippen LogP contribution in [0.25, 0.3) is 22.6 Å². The zero-order chi connectivity index (χ0) is 24.6. The van der Waals surface area contributed by atoms with Crippen molar-refractivity contribution in [1.29, 1.82) is 0 Å². The second kappa shape index (κ2) is 8.85. The van der Waals surface area contributed by atoms with Gasteiger partial charge in [0.05, 0.1) is 5.69 Å². The normalized spacial score (nSPS) is 14.1. The van der Waals surface area contributed by atoms with Crippen LogP contribution in [0.4, 0.5) is 36.6 Å². The number of anilines is 4. The SMILES string of the molecule is Cn1nc(-c2ccc(N3CC(CC(F)(F)F)C3)nc2)nc1Nc1ccc(-c2ccnc(N)n2)cc1. The number of aryl methyl sites for hydroxylation is 1. The average Bonchev–Trinajstić information content (AvgIpc) is 3.16. The van der Waals surface area contributed by atoms with Gasteiger partial charge in [0, 0.05) is 61.7 Å². The highest BCUT2D eigenvalue weighted by molar-refractivity contribution is 5.66. The summed E-state index contributed by atoms with van der Waals surface area (Å²) < 4.78 is 39.1. The van der Waals surface area contributed by atoms with Gasteiger partial charge in [0.2, 0.25) is 11.9 Å². The van der Waals surface area contributed by atoms with Crippen LogP contribution in [-0.4, -0.2) is 49.0 Å². The first kappa shape index (κ1) is 22.6. The Morgan fingerprint density at radius 2 is 1.74 bits per heavy atom. The first-order valence-electron chi connectivity index (χ1n) is 10.9. The van der Waals surface area contributed by atoms with E-state index in [0.29, 0.717) is 36.2 Å². The van der Waals surface area contributed by atoms with Crippen molar-refractivity contribution in [3.8, 4) is 22.6 Å². The Morgan fingerprint density at radius 3 is 2.40 bits per heavy atom. The van der Waals surface area contributed by atoms with Crippen LogP contribution in [0.2, 0.25) is 0 Å². The number of pyridine rings is 1. The van der Waals surface area contributed by atoms with Gasteiger partial charge in [-0.25, -0.2) is 19.6 Å². The number of aromatic nitrogens is 6. The molecule has 3 aromatic heterocycles. The maximum Gasteiger partial charge on any atom is 0.389 e. The molecule has 1 aromatic carbocycles. The molecule has 1 saturated heterocycles. The van der Waals surface area contributed by atoms with E-state index in [0.717, 1.165) is 16.9 Å². The quantitative estimate of drug-likeness (QED) is 0.424. The minimum Gasteiger partial charge on any atom is -0.368 e. The second-order valence-corrected chi connectivity index (χ2v) is 8.38. The van der Waals surface area contributed by atoms with E-state index in [1.54, 1.807) is 36.3 Å². The molecule has 0 radical (unpaired) electrons. The number of nitrogens with one attached hydrogen (secondary N) is 1. The molecule has 0 aliphatic carbocycles. The van der Waals surface area contributed by atoms with E-state index in [4.69, 9.17) is 5.73 Å². The molecule has 180 valence electrons. The first-order valence-corrected chi connectivity index (χ1v) is 10.9. The fraction of sp³-hybridized carbons (Fsp3) is 0.261. The summed E-state index contributed by atoms with van der Waals surface area (Å²) >= 11 is 0. The molecule has 12 heteroatoms. The number of nitrogen functional groups attached to an aromatic ring is 1. The molecule has 0 spiro atoms. The van der Waals surface area contributed by atoms with E-state index in [2.05, 4.69) is 30.4 Å². The van der Waals surface area contributed by atoms with Crippen LogP contribution in [0.3, 0.4) is 0 Å². The molecule has 0 amide bonds. The Bertz CT molecular complexity index is 1310. The van der Waals surface area contributed by atoms with Crippen LogP contribution in [0.1, 0.15) is 6.42 Å². The summed E-state index contributed by atoms with van der Waals surface area (Å²) in [5.41, 5.74) is 8.82. The summed E-state index contributed by atoms with van der Waals surface area (Å²) in [6.45, 7) is 0.705. The van der Waals surface area contributed by atoms with Gasteiger partial charge in [-0.2, -0.15) is 18.2 Å². The summed E-state index contributed by atoms with van der Waals surface area (Å²) in [5, 5.41) is 7.68. The molecule has 4 heterocycles. The van der Waals surface area contributed by atoms with Crippen molar-refractivity contribution in [3.05, 3.63) is 54.9 Å². The van der Waals surface area contributed by atoms with Gasteiger partial charge in [-0.05, 0) is 30.3 Å². The topological polar surface area (TPSA) is 111 Å². The first-order chi connectivity index (χ1) is 16.7. The average molecular weight is 481 g/mol. The van der Waals surface area contributed by atoms with Gasteiger partial charge in [-0.1, -0.05) is 12.1 Å². The third-order valence-corrected chi connectivity index (χ3v) is 5.68. The van der Waals surface area contributed by atoms with Crippen LogP contribution in [0.15, 0.2) is 54.9 Å². The van der Waals surface area contributed by atoms with Crippen LogP contribution >= 0.6 is 0 Å². The smallest absolute Gasteiger partial charge is 0.368 e. The van der Waals surface area contributed by atoms with Gasteiger partial charge in [-0.3, -0.25) is 0 Å². The predicted octanol–water partition coefficient (Wildman–Crippen LogP) is 4.05. The second-order valence-electron chi connectivity index (χ2n) is 8.38.